The molecule has 94 valence electrons. The fourth-order valence-corrected chi connectivity index (χ4v) is 2.40. The molecule has 1 aliphatic rings. The van der Waals surface area contributed by atoms with E-state index >= 15 is 0 Å². The maximum Gasteiger partial charge on any atom is 0.0469 e. The number of hydrogen-bond acceptors (Lipinski definition) is 2. The Kier molecular flexibility index (Phi) is 6.07. The van der Waals surface area contributed by atoms with Crippen molar-refractivity contribution in [3.63, 3.8) is 0 Å². The fraction of sp³-hybridized carbons (Fsp3) is 0.857. The Morgan fingerprint density at radius 3 is 2.50 bits per heavy atom. The molecule has 0 aromatic rings. The van der Waals surface area contributed by atoms with Gasteiger partial charge in [0.25, 0.3) is 0 Å². The Hall–Kier alpha value is -0.340. The quantitative estimate of drug-likeness (QED) is 0.702. The predicted molar refractivity (Wildman–Crippen MR) is 69.6 cm³/mol. The van der Waals surface area contributed by atoms with Gasteiger partial charge in [-0.2, -0.15) is 0 Å². The van der Waals surface area contributed by atoms with Crippen LogP contribution in [0.4, 0.5) is 0 Å². The second kappa shape index (κ2) is 7.08. The van der Waals surface area contributed by atoms with E-state index in [9.17, 15) is 0 Å². The smallest absolute Gasteiger partial charge is 0.0469 e. The molecule has 0 aliphatic carbocycles. The molecule has 0 spiro atoms. The zero-order chi connectivity index (χ0) is 12.0. The van der Waals surface area contributed by atoms with Gasteiger partial charge in [0.1, 0.15) is 0 Å². The molecule has 3 unspecified atom stereocenters. The Morgan fingerprint density at radius 1 is 1.31 bits per heavy atom. The van der Waals surface area contributed by atoms with Gasteiger partial charge in [-0.25, -0.2) is 0 Å². The van der Waals surface area contributed by atoms with Crippen molar-refractivity contribution >= 4 is 0 Å². The van der Waals surface area contributed by atoms with Crippen LogP contribution in [0.3, 0.4) is 0 Å². The molecule has 16 heavy (non-hydrogen) atoms. The molecule has 1 fully saturated rings. The highest BCUT2D eigenvalue weighted by Gasteiger charge is 2.22. The molecule has 1 rings (SSSR count). The summed E-state index contributed by atoms with van der Waals surface area (Å²) in [6, 6.07) is 1.17. The van der Waals surface area contributed by atoms with Crippen molar-refractivity contribution in [3.05, 3.63) is 12.7 Å². The molecular formula is C14H27NO. The van der Waals surface area contributed by atoms with Crippen LogP contribution in [0, 0.1) is 11.8 Å². The lowest BCUT2D eigenvalue weighted by atomic mass is 9.91. The lowest BCUT2D eigenvalue weighted by Crippen LogP contribution is -2.43. The molecule has 2 nitrogen and oxygen atoms in total. The molecule has 0 aromatic carbocycles. The standard InChI is InChI=1S/C14H27NO/c1-5-6-11(2)12(3)15-13(4)14-7-9-16-10-8-14/h5,11-15H,1,6-10H2,2-4H3. The zero-order valence-electron chi connectivity index (χ0n) is 11.0. The first-order chi connectivity index (χ1) is 7.65. The first-order valence-corrected chi connectivity index (χ1v) is 6.59. The number of rotatable bonds is 6. The van der Waals surface area contributed by atoms with E-state index in [1.807, 2.05) is 6.08 Å². The van der Waals surface area contributed by atoms with Gasteiger partial charge in [0.05, 0.1) is 0 Å². The van der Waals surface area contributed by atoms with E-state index in [-0.39, 0.29) is 0 Å². The molecule has 2 heteroatoms. The van der Waals surface area contributed by atoms with Gasteiger partial charge in [0.2, 0.25) is 0 Å². The molecule has 0 saturated carbocycles. The van der Waals surface area contributed by atoms with E-state index in [1.165, 1.54) is 12.8 Å². The number of ether oxygens (including phenoxy) is 1. The lowest BCUT2D eigenvalue weighted by molar-refractivity contribution is 0.0537. The van der Waals surface area contributed by atoms with Crippen LogP contribution >= 0.6 is 0 Å². The summed E-state index contributed by atoms with van der Waals surface area (Å²) in [6.07, 6.45) is 5.52. The molecule has 1 heterocycles. The van der Waals surface area contributed by atoms with E-state index in [1.54, 1.807) is 0 Å². The summed E-state index contributed by atoms with van der Waals surface area (Å²) in [5, 5.41) is 3.73. The largest absolute Gasteiger partial charge is 0.381 e. The average Bonchev–Trinajstić information content (AvgIpc) is 2.30. The molecule has 0 aromatic heterocycles. The highest BCUT2D eigenvalue weighted by Crippen LogP contribution is 2.20. The van der Waals surface area contributed by atoms with Crippen LogP contribution in [0.2, 0.25) is 0 Å². The van der Waals surface area contributed by atoms with Crippen molar-refractivity contribution in [2.45, 2.75) is 52.1 Å². The van der Waals surface area contributed by atoms with Crippen molar-refractivity contribution in [1.82, 2.24) is 5.32 Å². The second-order valence-electron chi connectivity index (χ2n) is 5.20. The van der Waals surface area contributed by atoms with Crippen molar-refractivity contribution in [3.8, 4) is 0 Å². The normalized spacial score (nSPS) is 23.7. The highest BCUT2D eigenvalue weighted by molar-refractivity contribution is 4.82. The van der Waals surface area contributed by atoms with Gasteiger partial charge in [-0.1, -0.05) is 13.0 Å². The number of nitrogens with one attached hydrogen (secondary N) is 1. The van der Waals surface area contributed by atoms with Crippen LogP contribution in [0.25, 0.3) is 0 Å². The summed E-state index contributed by atoms with van der Waals surface area (Å²) >= 11 is 0. The van der Waals surface area contributed by atoms with Gasteiger partial charge in [0.15, 0.2) is 0 Å². The Bertz CT molecular complexity index is 199. The zero-order valence-corrected chi connectivity index (χ0v) is 11.0. The monoisotopic (exact) mass is 225 g/mol. The Labute approximate surface area is 100 Å². The molecule has 0 bridgehead atoms. The van der Waals surface area contributed by atoms with E-state index in [0.717, 1.165) is 25.6 Å². The SMILES string of the molecule is C=CCC(C)C(C)NC(C)C1CCOCC1. The molecule has 1 aliphatic heterocycles. The first-order valence-electron chi connectivity index (χ1n) is 6.59. The van der Waals surface area contributed by atoms with Crippen molar-refractivity contribution < 1.29 is 4.74 Å². The molecule has 3 atom stereocenters. The third-order valence-corrected chi connectivity index (χ3v) is 3.89. The summed E-state index contributed by atoms with van der Waals surface area (Å²) in [5.41, 5.74) is 0. The van der Waals surface area contributed by atoms with Crippen LogP contribution in [0.5, 0.6) is 0 Å². The van der Waals surface area contributed by atoms with Gasteiger partial charge in [-0.05, 0) is 44.9 Å². The number of allylic oxidation sites excluding steroid dienone is 1. The van der Waals surface area contributed by atoms with E-state index in [4.69, 9.17) is 4.74 Å². The van der Waals surface area contributed by atoms with Gasteiger partial charge in [-0.3, -0.25) is 0 Å². The lowest BCUT2D eigenvalue weighted by Gasteiger charge is -2.32. The Morgan fingerprint density at radius 2 is 1.94 bits per heavy atom. The molecular weight excluding hydrogens is 198 g/mol. The first kappa shape index (κ1) is 13.7. The minimum Gasteiger partial charge on any atom is -0.381 e. The summed E-state index contributed by atoms with van der Waals surface area (Å²) in [7, 11) is 0. The van der Waals surface area contributed by atoms with Crippen LogP contribution in [0.1, 0.15) is 40.0 Å². The third-order valence-electron chi connectivity index (χ3n) is 3.89. The van der Waals surface area contributed by atoms with Crippen LogP contribution in [0.15, 0.2) is 12.7 Å². The Balaban J connectivity index is 2.31. The van der Waals surface area contributed by atoms with Crippen LogP contribution in [-0.2, 0) is 4.74 Å². The van der Waals surface area contributed by atoms with Crippen molar-refractivity contribution in [1.29, 1.82) is 0 Å². The minimum absolute atomic E-state index is 0.566. The summed E-state index contributed by atoms with van der Waals surface area (Å²) in [5.74, 6) is 1.45. The van der Waals surface area contributed by atoms with Crippen molar-refractivity contribution in [2.75, 3.05) is 13.2 Å². The van der Waals surface area contributed by atoms with Gasteiger partial charge >= 0.3 is 0 Å². The topological polar surface area (TPSA) is 21.3 Å². The molecule has 1 saturated heterocycles. The summed E-state index contributed by atoms with van der Waals surface area (Å²) in [6.45, 7) is 12.6. The highest BCUT2D eigenvalue weighted by atomic mass is 16.5. The van der Waals surface area contributed by atoms with Crippen LogP contribution in [-0.4, -0.2) is 25.3 Å². The third kappa shape index (κ3) is 4.26. The van der Waals surface area contributed by atoms with E-state index in [0.29, 0.717) is 18.0 Å². The van der Waals surface area contributed by atoms with E-state index in [2.05, 4.69) is 32.7 Å². The minimum atomic E-state index is 0.566. The van der Waals surface area contributed by atoms with Crippen LogP contribution < -0.4 is 5.32 Å². The molecule has 1 N–H and O–H groups in total. The van der Waals surface area contributed by atoms with Crippen molar-refractivity contribution in [2.24, 2.45) is 11.8 Å². The van der Waals surface area contributed by atoms with Gasteiger partial charge in [-0.15, -0.1) is 6.58 Å². The predicted octanol–water partition coefficient (Wildman–Crippen LogP) is 2.99. The maximum atomic E-state index is 5.40. The number of hydrogen-bond donors (Lipinski definition) is 1. The van der Waals surface area contributed by atoms with Gasteiger partial charge in [0, 0.05) is 25.3 Å². The summed E-state index contributed by atoms with van der Waals surface area (Å²) < 4.78 is 5.40. The van der Waals surface area contributed by atoms with Gasteiger partial charge < -0.3 is 10.1 Å². The average molecular weight is 225 g/mol. The van der Waals surface area contributed by atoms with E-state index < -0.39 is 0 Å². The molecule has 0 amide bonds. The molecule has 0 radical (unpaired) electrons. The second-order valence-corrected chi connectivity index (χ2v) is 5.20. The summed E-state index contributed by atoms with van der Waals surface area (Å²) in [4.78, 5) is 0. The fourth-order valence-electron chi connectivity index (χ4n) is 2.40. The maximum absolute atomic E-state index is 5.40.